The van der Waals surface area contributed by atoms with Crippen LogP contribution >= 0.6 is 23.7 Å². The Morgan fingerprint density at radius 2 is 2.11 bits per heavy atom. The molecule has 0 aromatic carbocycles. The lowest BCUT2D eigenvalue weighted by molar-refractivity contribution is 0.350. The molecule has 1 aliphatic heterocycles. The zero-order chi connectivity index (χ0) is 13.6. The van der Waals surface area contributed by atoms with Crippen LogP contribution in [0.15, 0.2) is 10.3 Å². The van der Waals surface area contributed by atoms with Gasteiger partial charge in [0.25, 0.3) is 10.0 Å². The van der Waals surface area contributed by atoms with Gasteiger partial charge in [-0.3, -0.25) is 0 Å². The molecular formula is C12H21ClN2O2S2. The van der Waals surface area contributed by atoms with E-state index < -0.39 is 10.0 Å². The molecule has 0 aliphatic carbocycles. The van der Waals surface area contributed by atoms with E-state index in [4.69, 9.17) is 5.73 Å². The monoisotopic (exact) mass is 324 g/mol. The molecule has 0 bridgehead atoms. The van der Waals surface area contributed by atoms with E-state index in [-0.39, 0.29) is 17.8 Å². The van der Waals surface area contributed by atoms with Gasteiger partial charge in [-0.15, -0.1) is 23.7 Å². The molecule has 0 amide bonds. The molecule has 1 aromatic rings. The normalized spacial score (nSPS) is 24.4. The van der Waals surface area contributed by atoms with E-state index in [1.54, 1.807) is 10.4 Å². The second-order valence-corrected chi connectivity index (χ2v) is 8.83. The Balaban J connectivity index is 0.00000180. The Bertz CT molecular complexity index is 537. The summed E-state index contributed by atoms with van der Waals surface area (Å²) in [5.74, 6) is 0. The highest BCUT2D eigenvalue weighted by molar-refractivity contribution is 7.91. The molecule has 7 heteroatoms. The smallest absolute Gasteiger partial charge is 0.252 e. The average molecular weight is 325 g/mol. The summed E-state index contributed by atoms with van der Waals surface area (Å²) in [5, 5.41) is 0. The van der Waals surface area contributed by atoms with E-state index in [0.29, 0.717) is 23.8 Å². The van der Waals surface area contributed by atoms with Crippen LogP contribution in [0.4, 0.5) is 0 Å². The Labute approximate surface area is 125 Å². The fourth-order valence-electron chi connectivity index (χ4n) is 2.14. The van der Waals surface area contributed by atoms with Crippen LogP contribution in [0.2, 0.25) is 0 Å². The highest BCUT2D eigenvalue weighted by Gasteiger charge is 2.39. The van der Waals surface area contributed by atoms with Crippen LogP contribution in [-0.4, -0.2) is 32.4 Å². The molecule has 0 radical (unpaired) electrons. The SMILES string of the molecule is Cc1cc(S(=O)(=O)N2CCC(C)(CN)C2)sc1C.Cl. The second-order valence-electron chi connectivity index (χ2n) is 5.41. The largest absolute Gasteiger partial charge is 0.330 e. The quantitative estimate of drug-likeness (QED) is 0.926. The number of rotatable bonds is 3. The van der Waals surface area contributed by atoms with Gasteiger partial charge in [0.2, 0.25) is 0 Å². The molecule has 1 unspecified atom stereocenters. The van der Waals surface area contributed by atoms with Crippen molar-refractivity contribution in [1.29, 1.82) is 0 Å². The predicted molar refractivity (Wildman–Crippen MR) is 81.6 cm³/mol. The summed E-state index contributed by atoms with van der Waals surface area (Å²) >= 11 is 1.36. The first kappa shape index (κ1) is 16.9. The maximum atomic E-state index is 12.5. The summed E-state index contributed by atoms with van der Waals surface area (Å²) in [6.07, 6.45) is 0.839. The molecule has 1 saturated heterocycles. The first-order valence-corrected chi connectivity index (χ1v) is 8.31. The van der Waals surface area contributed by atoms with Crippen molar-refractivity contribution in [3.63, 3.8) is 0 Å². The molecule has 1 atom stereocenters. The van der Waals surface area contributed by atoms with Crippen LogP contribution in [0.5, 0.6) is 0 Å². The maximum absolute atomic E-state index is 12.5. The van der Waals surface area contributed by atoms with E-state index >= 15 is 0 Å². The Morgan fingerprint density at radius 1 is 1.47 bits per heavy atom. The van der Waals surface area contributed by atoms with Crippen LogP contribution < -0.4 is 5.73 Å². The highest BCUT2D eigenvalue weighted by atomic mass is 35.5. The number of nitrogens with two attached hydrogens (primary N) is 1. The van der Waals surface area contributed by atoms with E-state index in [1.165, 1.54) is 11.3 Å². The van der Waals surface area contributed by atoms with Gasteiger partial charge in [-0.05, 0) is 43.9 Å². The minimum atomic E-state index is -3.33. The summed E-state index contributed by atoms with van der Waals surface area (Å²) < 4.78 is 27.0. The molecule has 110 valence electrons. The zero-order valence-corrected chi connectivity index (χ0v) is 13.9. The first-order valence-electron chi connectivity index (χ1n) is 6.06. The summed E-state index contributed by atoms with van der Waals surface area (Å²) in [7, 11) is -3.33. The first-order chi connectivity index (χ1) is 8.28. The van der Waals surface area contributed by atoms with Crippen LogP contribution in [0.1, 0.15) is 23.8 Å². The van der Waals surface area contributed by atoms with Gasteiger partial charge in [-0.2, -0.15) is 4.31 Å². The van der Waals surface area contributed by atoms with Gasteiger partial charge < -0.3 is 5.73 Å². The lowest BCUT2D eigenvalue weighted by Crippen LogP contribution is -2.34. The van der Waals surface area contributed by atoms with E-state index in [1.807, 2.05) is 20.8 Å². The van der Waals surface area contributed by atoms with Crippen molar-refractivity contribution >= 4 is 33.8 Å². The van der Waals surface area contributed by atoms with Crippen molar-refractivity contribution in [3.8, 4) is 0 Å². The molecule has 2 N–H and O–H groups in total. The van der Waals surface area contributed by atoms with Crippen molar-refractivity contribution < 1.29 is 8.42 Å². The molecule has 1 aromatic heterocycles. The van der Waals surface area contributed by atoms with Crippen molar-refractivity contribution in [2.24, 2.45) is 11.1 Å². The lowest BCUT2D eigenvalue weighted by atomic mass is 9.90. The van der Waals surface area contributed by atoms with Gasteiger partial charge in [0.15, 0.2) is 0 Å². The summed E-state index contributed by atoms with van der Waals surface area (Å²) in [5.41, 5.74) is 6.69. The molecule has 19 heavy (non-hydrogen) atoms. The van der Waals surface area contributed by atoms with Gasteiger partial charge in [0.1, 0.15) is 4.21 Å². The third-order valence-electron chi connectivity index (χ3n) is 3.75. The molecule has 1 fully saturated rings. The van der Waals surface area contributed by atoms with Crippen molar-refractivity contribution in [1.82, 2.24) is 4.31 Å². The van der Waals surface area contributed by atoms with Crippen molar-refractivity contribution in [2.45, 2.75) is 31.4 Å². The number of thiophene rings is 1. The van der Waals surface area contributed by atoms with Gasteiger partial charge in [0.05, 0.1) is 0 Å². The Morgan fingerprint density at radius 3 is 2.53 bits per heavy atom. The molecule has 4 nitrogen and oxygen atoms in total. The van der Waals surface area contributed by atoms with Crippen molar-refractivity contribution in [3.05, 3.63) is 16.5 Å². The van der Waals surface area contributed by atoms with Crippen LogP contribution in [0, 0.1) is 19.3 Å². The zero-order valence-electron chi connectivity index (χ0n) is 11.5. The fraction of sp³-hybridized carbons (Fsp3) is 0.667. The molecule has 1 aliphatic rings. The van der Waals surface area contributed by atoms with Crippen molar-refractivity contribution in [2.75, 3.05) is 19.6 Å². The van der Waals surface area contributed by atoms with Gasteiger partial charge in [-0.1, -0.05) is 6.92 Å². The Kier molecular flexibility index (Phi) is 5.07. The number of hydrogen-bond donors (Lipinski definition) is 1. The fourth-order valence-corrected chi connectivity index (χ4v) is 5.41. The molecule has 0 saturated carbocycles. The van der Waals surface area contributed by atoms with Crippen LogP contribution in [0.3, 0.4) is 0 Å². The van der Waals surface area contributed by atoms with Gasteiger partial charge in [-0.25, -0.2) is 8.42 Å². The van der Waals surface area contributed by atoms with Crippen LogP contribution in [0.25, 0.3) is 0 Å². The van der Waals surface area contributed by atoms with E-state index in [9.17, 15) is 8.42 Å². The van der Waals surface area contributed by atoms with E-state index in [2.05, 4.69) is 0 Å². The highest BCUT2D eigenvalue weighted by Crippen LogP contribution is 2.35. The molecule has 2 rings (SSSR count). The number of hydrogen-bond acceptors (Lipinski definition) is 4. The van der Waals surface area contributed by atoms with Gasteiger partial charge >= 0.3 is 0 Å². The minimum absolute atomic E-state index is 0. The maximum Gasteiger partial charge on any atom is 0.252 e. The Hall–Kier alpha value is -0.140. The third kappa shape index (κ3) is 3.13. The molecule has 2 heterocycles. The predicted octanol–water partition coefficient (Wildman–Crippen LogP) is 2.15. The number of halogens is 1. The summed E-state index contributed by atoms with van der Waals surface area (Å²) in [4.78, 5) is 1.06. The molecular weight excluding hydrogens is 304 g/mol. The standard InChI is InChI=1S/C12H20N2O2S2.ClH/c1-9-6-11(17-10(9)2)18(15,16)14-5-4-12(3,7-13)8-14;/h6H,4-5,7-8,13H2,1-3H3;1H. The van der Waals surface area contributed by atoms with Gasteiger partial charge in [0, 0.05) is 18.0 Å². The minimum Gasteiger partial charge on any atom is -0.330 e. The third-order valence-corrected chi connectivity index (χ3v) is 7.20. The number of aryl methyl sites for hydroxylation is 2. The lowest BCUT2D eigenvalue weighted by Gasteiger charge is -2.21. The average Bonchev–Trinajstić information content (AvgIpc) is 2.86. The van der Waals surface area contributed by atoms with E-state index in [0.717, 1.165) is 16.9 Å². The second kappa shape index (κ2) is 5.69. The topological polar surface area (TPSA) is 63.4 Å². The van der Waals surface area contributed by atoms with Crippen LogP contribution in [-0.2, 0) is 10.0 Å². The summed E-state index contributed by atoms with van der Waals surface area (Å²) in [6.45, 7) is 7.58. The number of sulfonamides is 1. The summed E-state index contributed by atoms with van der Waals surface area (Å²) in [6, 6.07) is 1.77. The number of nitrogens with zero attached hydrogens (tertiary/aromatic N) is 1. The molecule has 0 spiro atoms.